The van der Waals surface area contributed by atoms with Crippen LogP contribution < -0.4 is 15.4 Å². The summed E-state index contributed by atoms with van der Waals surface area (Å²) in [5, 5.41) is 6.26. The summed E-state index contributed by atoms with van der Waals surface area (Å²) in [7, 11) is 0. The number of anilines is 1. The Kier molecular flexibility index (Phi) is 7.70. The Morgan fingerprint density at radius 3 is 2.52 bits per heavy atom. The van der Waals surface area contributed by atoms with Crippen molar-refractivity contribution in [2.45, 2.75) is 26.2 Å². The van der Waals surface area contributed by atoms with Gasteiger partial charge in [0, 0.05) is 5.56 Å². The van der Waals surface area contributed by atoms with Crippen LogP contribution in [0.4, 0.5) is 5.69 Å². The highest BCUT2D eigenvalue weighted by Crippen LogP contribution is 2.20. The molecule has 2 rings (SSSR count). The Bertz CT molecular complexity index is 720. The first-order valence-corrected chi connectivity index (χ1v) is 8.98. The Morgan fingerprint density at radius 1 is 1.12 bits per heavy atom. The summed E-state index contributed by atoms with van der Waals surface area (Å²) in [6.45, 7) is 2.84. The maximum Gasteiger partial charge on any atom is 0.257 e. The van der Waals surface area contributed by atoms with Crippen molar-refractivity contribution >= 4 is 40.5 Å². The van der Waals surface area contributed by atoms with Crippen molar-refractivity contribution < 1.29 is 9.53 Å². The minimum Gasteiger partial charge on any atom is -0.494 e. The highest BCUT2D eigenvalue weighted by molar-refractivity contribution is 7.80. The van der Waals surface area contributed by atoms with E-state index in [1.807, 2.05) is 12.1 Å². The minimum absolute atomic E-state index is 0.193. The van der Waals surface area contributed by atoms with E-state index in [-0.39, 0.29) is 11.0 Å². The Balaban J connectivity index is 1.85. The first-order valence-electron chi connectivity index (χ1n) is 8.20. The molecule has 2 aromatic rings. The number of amides is 1. The molecule has 1 amide bonds. The molecule has 2 aromatic carbocycles. The van der Waals surface area contributed by atoms with E-state index in [1.54, 1.807) is 36.4 Å². The monoisotopic (exact) mass is 376 g/mol. The van der Waals surface area contributed by atoms with Crippen LogP contribution in [0.2, 0.25) is 5.02 Å². The highest BCUT2D eigenvalue weighted by atomic mass is 35.5. The summed E-state index contributed by atoms with van der Waals surface area (Å²) in [5.41, 5.74) is 1.15. The van der Waals surface area contributed by atoms with E-state index < -0.39 is 0 Å². The molecule has 0 aliphatic carbocycles. The number of ether oxygens (including phenoxy) is 1. The van der Waals surface area contributed by atoms with Crippen LogP contribution in [0.15, 0.2) is 48.5 Å². The maximum atomic E-state index is 12.2. The second-order valence-corrected chi connectivity index (χ2v) is 6.28. The average Bonchev–Trinajstić information content (AvgIpc) is 2.61. The molecule has 0 saturated heterocycles. The number of rotatable bonds is 7. The van der Waals surface area contributed by atoms with Crippen molar-refractivity contribution in [3.63, 3.8) is 0 Å². The van der Waals surface area contributed by atoms with Crippen LogP contribution in [0.25, 0.3) is 0 Å². The largest absolute Gasteiger partial charge is 0.494 e. The molecule has 0 aliphatic heterocycles. The van der Waals surface area contributed by atoms with Gasteiger partial charge in [-0.1, -0.05) is 43.5 Å². The molecule has 0 heterocycles. The number of para-hydroxylation sites is 1. The van der Waals surface area contributed by atoms with Crippen molar-refractivity contribution in [3.8, 4) is 5.75 Å². The van der Waals surface area contributed by atoms with Gasteiger partial charge in [-0.15, -0.1) is 0 Å². The molecule has 0 aromatic heterocycles. The number of halogens is 1. The maximum absolute atomic E-state index is 12.2. The molecular weight excluding hydrogens is 356 g/mol. The summed E-state index contributed by atoms with van der Waals surface area (Å²) in [6.07, 6.45) is 3.34. The zero-order valence-electron chi connectivity index (χ0n) is 14.0. The van der Waals surface area contributed by atoms with Gasteiger partial charge in [-0.2, -0.15) is 0 Å². The fraction of sp³-hybridized carbons (Fsp3) is 0.263. The Morgan fingerprint density at radius 2 is 1.84 bits per heavy atom. The SMILES string of the molecule is CCCCCOc1ccc(C(=O)NC(=S)Nc2ccccc2Cl)cc1. The van der Waals surface area contributed by atoms with Crippen molar-refractivity contribution in [2.24, 2.45) is 0 Å². The lowest BCUT2D eigenvalue weighted by molar-refractivity contribution is 0.0977. The van der Waals surface area contributed by atoms with Crippen molar-refractivity contribution in [1.82, 2.24) is 5.32 Å². The second kappa shape index (κ2) is 10.0. The number of nitrogens with one attached hydrogen (secondary N) is 2. The minimum atomic E-state index is -0.290. The zero-order chi connectivity index (χ0) is 18.1. The molecule has 0 atom stereocenters. The molecule has 0 radical (unpaired) electrons. The van der Waals surface area contributed by atoms with Crippen molar-refractivity contribution in [1.29, 1.82) is 0 Å². The van der Waals surface area contributed by atoms with Gasteiger partial charge < -0.3 is 10.1 Å². The average molecular weight is 377 g/mol. The van der Waals surface area contributed by atoms with Crippen LogP contribution in [0.5, 0.6) is 5.75 Å². The topological polar surface area (TPSA) is 50.4 Å². The molecule has 0 spiro atoms. The fourth-order valence-corrected chi connectivity index (χ4v) is 2.52. The number of hydrogen-bond acceptors (Lipinski definition) is 3. The molecule has 0 unspecified atom stereocenters. The van der Waals surface area contributed by atoms with Crippen LogP contribution >= 0.6 is 23.8 Å². The summed E-state index contributed by atoms with van der Waals surface area (Å²) < 4.78 is 5.63. The number of carbonyl (C=O) groups excluding carboxylic acids is 1. The van der Waals surface area contributed by atoms with Crippen LogP contribution in [0.3, 0.4) is 0 Å². The quantitative estimate of drug-likeness (QED) is 0.525. The van der Waals surface area contributed by atoms with Crippen LogP contribution in [0, 0.1) is 0 Å². The fourth-order valence-electron chi connectivity index (χ4n) is 2.14. The summed E-state index contributed by atoms with van der Waals surface area (Å²) in [4.78, 5) is 12.2. The van der Waals surface area contributed by atoms with Gasteiger partial charge in [0.1, 0.15) is 5.75 Å². The molecule has 25 heavy (non-hydrogen) atoms. The molecule has 0 aliphatic rings. The molecule has 0 saturated carbocycles. The van der Waals surface area contributed by atoms with Crippen LogP contribution in [0.1, 0.15) is 36.5 Å². The number of benzene rings is 2. The van der Waals surface area contributed by atoms with E-state index >= 15 is 0 Å². The number of hydrogen-bond donors (Lipinski definition) is 2. The first kappa shape index (κ1) is 19.2. The standard InChI is InChI=1S/C19H21ClN2O2S/c1-2-3-6-13-24-15-11-9-14(10-12-15)18(23)22-19(25)21-17-8-5-4-7-16(17)20/h4-5,7-12H,2-3,6,13H2,1H3,(H2,21,22,23,25). The normalized spacial score (nSPS) is 10.2. The smallest absolute Gasteiger partial charge is 0.257 e. The van der Waals surface area contributed by atoms with E-state index in [1.165, 1.54) is 0 Å². The third kappa shape index (κ3) is 6.36. The predicted molar refractivity (Wildman–Crippen MR) is 107 cm³/mol. The van der Waals surface area contributed by atoms with Gasteiger partial charge in [0.25, 0.3) is 5.91 Å². The van der Waals surface area contributed by atoms with E-state index in [9.17, 15) is 4.79 Å². The second-order valence-electron chi connectivity index (χ2n) is 5.47. The summed E-state index contributed by atoms with van der Waals surface area (Å²) in [6, 6.07) is 14.2. The molecule has 6 heteroatoms. The molecule has 0 fully saturated rings. The molecule has 4 nitrogen and oxygen atoms in total. The van der Waals surface area contributed by atoms with E-state index in [2.05, 4.69) is 17.6 Å². The lowest BCUT2D eigenvalue weighted by Gasteiger charge is -2.11. The van der Waals surface area contributed by atoms with Crippen LogP contribution in [-0.2, 0) is 0 Å². The van der Waals surface area contributed by atoms with Gasteiger partial charge in [-0.3, -0.25) is 10.1 Å². The van der Waals surface area contributed by atoms with Crippen LogP contribution in [-0.4, -0.2) is 17.6 Å². The van der Waals surface area contributed by atoms with Gasteiger partial charge in [0.2, 0.25) is 0 Å². The van der Waals surface area contributed by atoms with Gasteiger partial charge in [0.05, 0.1) is 17.3 Å². The third-order valence-corrected chi connectivity index (χ3v) is 4.02. The van der Waals surface area contributed by atoms with Crippen molar-refractivity contribution in [3.05, 3.63) is 59.1 Å². The lowest BCUT2D eigenvalue weighted by Crippen LogP contribution is -2.34. The molecule has 0 bridgehead atoms. The lowest BCUT2D eigenvalue weighted by atomic mass is 10.2. The van der Waals surface area contributed by atoms with E-state index in [0.717, 1.165) is 25.0 Å². The summed E-state index contributed by atoms with van der Waals surface area (Å²) in [5.74, 6) is 0.464. The van der Waals surface area contributed by atoms with E-state index in [0.29, 0.717) is 22.9 Å². The number of unbranched alkanes of at least 4 members (excludes halogenated alkanes) is 2. The van der Waals surface area contributed by atoms with Gasteiger partial charge in [-0.25, -0.2) is 0 Å². The van der Waals surface area contributed by atoms with Gasteiger partial charge in [0.15, 0.2) is 5.11 Å². The predicted octanol–water partition coefficient (Wildman–Crippen LogP) is 5.04. The summed E-state index contributed by atoms with van der Waals surface area (Å²) >= 11 is 11.2. The number of carbonyl (C=O) groups is 1. The zero-order valence-corrected chi connectivity index (χ0v) is 15.6. The highest BCUT2D eigenvalue weighted by Gasteiger charge is 2.09. The molecular formula is C19H21ClN2O2S. The molecule has 2 N–H and O–H groups in total. The van der Waals surface area contributed by atoms with Crippen molar-refractivity contribution in [2.75, 3.05) is 11.9 Å². The van der Waals surface area contributed by atoms with Gasteiger partial charge >= 0.3 is 0 Å². The Labute approximate surface area is 158 Å². The van der Waals surface area contributed by atoms with E-state index in [4.69, 9.17) is 28.6 Å². The van der Waals surface area contributed by atoms with Gasteiger partial charge in [-0.05, 0) is 55.0 Å². The molecule has 132 valence electrons. The number of thiocarbonyl (C=S) groups is 1. The Hall–Kier alpha value is -2.11. The third-order valence-electron chi connectivity index (χ3n) is 3.48. The first-order chi connectivity index (χ1) is 12.1.